The highest BCUT2D eigenvalue weighted by Gasteiger charge is 2.02. The predicted molar refractivity (Wildman–Crippen MR) is 65.4 cm³/mol. The lowest BCUT2D eigenvalue weighted by molar-refractivity contribution is 0.0770. The summed E-state index contributed by atoms with van der Waals surface area (Å²) in [5.41, 5.74) is 2.50. The highest BCUT2D eigenvalue weighted by molar-refractivity contribution is 5.15. The summed E-state index contributed by atoms with van der Waals surface area (Å²) in [4.78, 5) is 0. The van der Waals surface area contributed by atoms with Crippen LogP contribution in [0.2, 0.25) is 0 Å². The zero-order valence-electron chi connectivity index (χ0n) is 10.8. The Bertz CT molecular complexity index is 307. The van der Waals surface area contributed by atoms with E-state index in [0.717, 1.165) is 26.1 Å². The van der Waals surface area contributed by atoms with Gasteiger partial charge in [-0.2, -0.15) is 5.10 Å². The summed E-state index contributed by atoms with van der Waals surface area (Å²) in [6, 6.07) is 0. The lowest BCUT2D eigenvalue weighted by atomic mass is 10.2. The standard InChI is InChI=1S/C12H23N3O/c1-10(2)16-7-5-6-13-8-12-9-14-15(4)11(12)3/h9-10,13H,5-8H2,1-4H3. The van der Waals surface area contributed by atoms with E-state index in [0.29, 0.717) is 6.10 Å². The van der Waals surface area contributed by atoms with Crippen molar-refractivity contribution in [3.63, 3.8) is 0 Å². The molecule has 1 rings (SSSR count). The molecule has 0 fully saturated rings. The summed E-state index contributed by atoms with van der Waals surface area (Å²) in [6.07, 6.45) is 3.31. The van der Waals surface area contributed by atoms with E-state index in [2.05, 4.69) is 31.2 Å². The molecule has 16 heavy (non-hydrogen) atoms. The van der Waals surface area contributed by atoms with E-state index in [1.54, 1.807) is 0 Å². The van der Waals surface area contributed by atoms with Crippen LogP contribution in [0.5, 0.6) is 0 Å². The SMILES string of the molecule is Cc1c(CNCCCOC(C)C)cnn1C. The van der Waals surface area contributed by atoms with E-state index >= 15 is 0 Å². The minimum Gasteiger partial charge on any atom is -0.379 e. The highest BCUT2D eigenvalue weighted by atomic mass is 16.5. The number of aryl methyl sites for hydroxylation is 1. The summed E-state index contributed by atoms with van der Waals surface area (Å²) in [7, 11) is 1.97. The molecule has 92 valence electrons. The monoisotopic (exact) mass is 225 g/mol. The van der Waals surface area contributed by atoms with Crippen LogP contribution in [-0.4, -0.2) is 29.0 Å². The molecular weight excluding hydrogens is 202 g/mol. The number of hydrogen-bond acceptors (Lipinski definition) is 3. The molecule has 0 saturated carbocycles. The molecule has 0 bridgehead atoms. The van der Waals surface area contributed by atoms with E-state index in [1.165, 1.54) is 11.3 Å². The van der Waals surface area contributed by atoms with Gasteiger partial charge in [0.2, 0.25) is 0 Å². The lowest BCUT2D eigenvalue weighted by Crippen LogP contribution is -2.17. The minimum absolute atomic E-state index is 0.334. The first-order chi connectivity index (χ1) is 7.61. The maximum atomic E-state index is 5.47. The third-order valence-electron chi connectivity index (χ3n) is 2.60. The number of aromatic nitrogens is 2. The first kappa shape index (κ1) is 13.2. The molecule has 0 aromatic carbocycles. The van der Waals surface area contributed by atoms with Gasteiger partial charge in [-0.05, 0) is 33.7 Å². The molecule has 4 nitrogen and oxygen atoms in total. The number of hydrogen-bond donors (Lipinski definition) is 1. The maximum absolute atomic E-state index is 5.47. The first-order valence-electron chi connectivity index (χ1n) is 5.91. The Morgan fingerprint density at radius 1 is 1.50 bits per heavy atom. The van der Waals surface area contributed by atoms with Crippen LogP contribution in [-0.2, 0) is 18.3 Å². The zero-order valence-corrected chi connectivity index (χ0v) is 10.8. The van der Waals surface area contributed by atoms with Gasteiger partial charge in [-0.15, -0.1) is 0 Å². The third kappa shape index (κ3) is 4.33. The van der Waals surface area contributed by atoms with E-state index < -0.39 is 0 Å². The largest absolute Gasteiger partial charge is 0.379 e. The van der Waals surface area contributed by atoms with E-state index in [-0.39, 0.29) is 0 Å². The van der Waals surface area contributed by atoms with Crippen LogP contribution in [0.15, 0.2) is 6.20 Å². The molecule has 0 amide bonds. The van der Waals surface area contributed by atoms with Crippen molar-refractivity contribution < 1.29 is 4.74 Å². The van der Waals surface area contributed by atoms with Crippen molar-refractivity contribution in [1.82, 2.24) is 15.1 Å². The lowest BCUT2D eigenvalue weighted by Gasteiger charge is -2.08. The fourth-order valence-corrected chi connectivity index (χ4v) is 1.46. The fourth-order valence-electron chi connectivity index (χ4n) is 1.46. The van der Waals surface area contributed by atoms with Gasteiger partial charge in [0, 0.05) is 31.5 Å². The molecule has 1 N–H and O–H groups in total. The summed E-state index contributed by atoms with van der Waals surface area (Å²) < 4.78 is 7.37. The van der Waals surface area contributed by atoms with Gasteiger partial charge in [0.25, 0.3) is 0 Å². The molecule has 0 aliphatic rings. The van der Waals surface area contributed by atoms with Gasteiger partial charge in [0.15, 0.2) is 0 Å². The Hall–Kier alpha value is -0.870. The quantitative estimate of drug-likeness (QED) is 0.717. The van der Waals surface area contributed by atoms with Crippen LogP contribution < -0.4 is 5.32 Å². The summed E-state index contributed by atoms with van der Waals surface area (Å²) >= 11 is 0. The van der Waals surface area contributed by atoms with Crippen LogP contribution in [0.4, 0.5) is 0 Å². The van der Waals surface area contributed by atoms with Crippen molar-refractivity contribution in [2.24, 2.45) is 7.05 Å². The molecule has 0 saturated heterocycles. The van der Waals surface area contributed by atoms with Crippen molar-refractivity contribution in [3.05, 3.63) is 17.5 Å². The molecule has 1 heterocycles. The number of ether oxygens (including phenoxy) is 1. The predicted octanol–water partition coefficient (Wildman–Crippen LogP) is 1.63. The molecular formula is C12H23N3O. The van der Waals surface area contributed by atoms with Crippen molar-refractivity contribution in [2.75, 3.05) is 13.2 Å². The molecule has 0 aliphatic heterocycles. The molecule has 0 unspecified atom stereocenters. The van der Waals surface area contributed by atoms with Crippen molar-refractivity contribution in [1.29, 1.82) is 0 Å². The molecule has 0 radical (unpaired) electrons. The van der Waals surface area contributed by atoms with Crippen LogP contribution >= 0.6 is 0 Å². The van der Waals surface area contributed by atoms with Gasteiger partial charge in [0.05, 0.1) is 12.3 Å². The average Bonchev–Trinajstić information content (AvgIpc) is 2.54. The van der Waals surface area contributed by atoms with Gasteiger partial charge in [-0.1, -0.05) is 0 Å². The van der Waals surface area contributed by atoms with Gasteiger partial charge < -0.3 is 10.1 Å². The zero-order chi connectivity index (χ0) is 12.0. The molecule has 0 atom stereocenters. The smallest absolute Gasteiger partial charge is 0.0537 e. The maximum Gasteiger partial charge on any atom is 0.0537 e. The highest BCUT2D eigenvalue weighted by Crippen LogP contribution is 2.04. The average molecular weight is 225 g/mol. The van der Waals surface area contributed by atoms with Gasteiger partial charge in [-0.25, -0.2) is 0 Å². The Morgan fingerprint density at radius 3 is 2.81 bits per heavy atom. The van der Waals surface area contributed by atoms with Crippen LogP contribution in [0.25, 0.3) is 0 Å². The van der Waals surface area contributed by atoms with Crippen molar-refractivity contribution in [2.45, 2.75) is 39.8 Å². The summed E-state index contributed by atoms with van der Waals surface area (Å²) in [6.45, 7) is 8.92. The van der Waals surface area contributed by atoms with Gasteiger partial charge >= 0.3 is 0 Å². The number of nitrogens with zero attached hydrogens (tertiary/aromatic N) is 2. The van der Waals surface area contributed by atoms with E-state index in [1.807, 2.05) is 17.9 Å². The second-order valence-electron chi connectivity index (χ2n) is 4.33. The summed E-state index contributed by atoms with van der Waals surface area (Å²) in [5.74, 6) is 0. The minimum atomic E-state index is 0.334. The van der Waals surface area contributed by atoms with Gasteiger partial charge in [0.1, 0.15) is 0 Å². The molecule has 4 heteroatoms. The Kier molecular flexibility index (Phi) is 5.49. The Balaban J connectivity index is 2.10. The van der Waals surface area contributed by atoms with Gasteiger partial charge in [-0.3, -0.25) is 4.68 Å². The van der Waals surface area contributed by atoms with Crippen molar-refractivity contribution >= 4 is 0 Å². The Labute approximate surface area is 98.0 Å². The topological polar surface area (TPSA) is 39.1 Å². The van der Waals surface area contributed by atoms with Crippen molar-refractivity contribution in [3.8, 4) is 0 Å². The Morgan fingerprint density at radius 2 is 2.25 bits per heavy atom. The molecule has 0 aliphatic carbocycles. The van der Waals surface area contributed by atoms with E-state index in [4.69, 9.17) is 4.74 Å². The first-order valence-corrected chi connectivity index (χ1v) is 5.91. The molecule has 0 spiro atoms. The third-order valence-corrected chi connectivity index (χ3v) is 2.60. The van der Waals surface area contributed by atoms with Crippen LogP contribution in [0.3, 0.4) is 0 Å². The van der Waals surface area contributed by atoms with E-state index in [9.17, 15) is 0 Å². The van der Waals surface area contributed by atoms with Crippen LogP contribution in [0, 0.1) is 6.92 Å². The molecule has 1 aromatic heterocycles. The summed E-state index contributed by atoms with van der Waals surface area (Å²) in [5, 5.41) is 7.60. The second-order valence-corrected chi connectivity index (χ2v) is 4.33. The second kappa shape index (κ2) is 6.66. The van der Waals surface area contributed by atoms with Crippen LogP contribution in [0.1, 0.15) is 31.5 Å². The fraction of sp³-hybridized carbons (Fsp3) is 0.750. The number of rotatable bonds is 7. The molecule has 1 aromatic rings. The normalized spacial score (nSPS) is 11.3. The number of nitrogens with one attached hydrogen (secondary N) is 1.